The van der Waals surface area contributed by atoms with Crippen LogP contribution in [0.3, 0.4) is 0 Å². The fourth-order valence-corrected chi connectivity index (χ4v) is 3.09. The maximum Gasteiger partial charge on any atom is 0.144 e. The molecule has 0 atom stereocenters. The second kappa shape index (κ2) is 5.02. The summed E-state index contributed by atoms with van der Waals surface area (Å²) in [6, 6.07) is 2.86. The third kappa shape index (κ3) is 2.25. The first-order valence-corrected chi connectivity index (χ1v) is 6.74. The Morgan fingerprint density at radius 3 is 2.41 bits per heavy atom. The van der Waals surface area contributed by atoms with Crippen molar-refractivity contribution in [3.63, 3.8) is 0 Å². The van der Waals surface area contributed by atoms with Crippen LogP contribution in [0.15, 0.2) is 16.6 Å². The largest absolute Gasteiger partial charge is 0.330 e. The zero-order valence-electron chi connectivity index (χ0n) is 9.61. The second-order valence-corrected chi connectivity index (χ2v) is 5.56. The molecular formula is C13H16BrF2N. The van der Waals surface area contributed by atoms with Crippen molar-refractivity contribution in [1.29, 1.82) is 0 Å². The minimum absolute atomic E-state index is 0.0756. The lowest BCUT2D eigenvalue weighted by Crippen LogP contribution is -2.38. The van der Waals surface area contributed by atoms with E-state index in [0.717, 1.165) is 25.7 Å². The summed E-state index contributed by atoms with van der Waals surface area (Å²) in [7, 11) is 0. The smallest absolute Gasteiger partial charge is 0.144 e. The number of nitrogens with two attached hydrogens (primary N) is 1. The van der Waals surface area contributed by atoms with Gasteiger partial charge in [-0.3, -0.25) is 0 Å². The normalized spacial score (nSPS) is 19.3. The summed E-state index contributed by atoms with van der Waals surface area (Å²) in [4.78, 5) is 0. The highest BCUT2D eigenvalue weighted by molar-refractivity contribution is 9.10. The molecule has 0 unspecified atom stereocenters. The van der Waals surface area contributed by atoms with Crippen molar-refractivity contribution in [3.8, 4) is 0 Å². The van der Waals surface area contributed by atoms with Gasteiger partial charge >= 0.3 is 0 Å². The molecule has 1 nitrogen and oxygen atoms in total. The van der Waals surface area contributed by atoms with E-state index >= 15 is 0 Å². The van der Waals surface area contributed by atoms with Crippen molar-refractivity contribution in [1.82, 2.24) is 0 Å². The Balaban J connectivity index is 2.47. The van der Waals surface area contributed by atoms with Gasteiger partial charge in [0.1, 0.15) is 11.6 Å². The summed E-state index contributed by atoms with van der Waals surface area (Å²) in [5.41, 5.74) is 6.11. The van der Waals surface area contributed by atoms with E-state index < -0.39 is 11.6 Å². The Labute approximate surface area is 109 Å². The average Bonchev–Trinajstić information content (AvgIpc) is 2.37. The third-order valence-corrected chi connectivity index (χ3v) is 4.53. The zero-order chi connectivity index (χ0) is 12.5. The summed E-state index contributed by atoms with van der Waals surface area (Å²) >= 11 is 2.96. The van der Waals surface area contributed by atoms with Crippen LogP contribution in [0.1, 0.15) is 37.7 Å². The van der Waals surface area contributed by atoms with Crippen molar-refractivity contribution in [2.75, 3.05) is 6.54 Å². The Bertz CT molecular complexity index is 414. The van der Waals surface area contributed by atoms with E-state index in [1.807, 2.05) is 0 Å². The summed E-state index contributed by atoms with van der Waals surface area (Å²) in [6.45, 7) is 0.419. The van der Waals surface area contributed by atoms with Crippen molar-refractivity contribution in [2.45, 2.75) is 37.5 Å². The number of hydrogen-bond donors (Lipinski definition) is 1. The second-order valence-electron chi connectivity index (χ2n) is 4.77. The monoisotopic (exact) mass is 303 g/mol. The predicted octanol–water partition coefficient (Wildman–Crippen LogP) is 3.89. The highest BCUT2D eigenvalue weighted by Crippen LogP contribution is 2.41. The van der Waals surface area contributed by atoms with Gasteiger partial charge in [0, 0.05) is 12.0 Å². The van der Waals surface area contributed by atoms with E-state index in [9.17, 15) is 8.78 Å². The van der Waals surface area contributed by atoms with E-state index in [-0.39, 0.29) is 9.89 Å². The SMILES string of the molecule is NCC1(c2ccc(F)c(Br)c2F)CCCCC1. The van der Waals surface area contributed by atoms with Crippen molar-refractivity contribution in [3.05, 3.63) is 33.8 Å². The third-order valence-electron chi connectivity index (χ3n) is 3.81. The first-order chi connectivity index (χ1) is 8.10. The van der Waals surface area contributed by atoms with Crippen LogP contribution in [-0.2, 0) is 5.41 Å². The molecule has 4 heteroatoms. The molecule has 1 fully saturated rings. The van der Waals surface area contributed by atoms with Gasteiger partial charge in [0.05, 0.1) is 4.47 Å². The average molecular weight is 304 g/mol. The van der Waals surface area contributed by atoms with Crippen LogP contribution < -0.4 is 5.73 Å². The van der Waals surface area contributed by atoms with E-state index in [1.165, 1.54) is 12.5 Å². The van der Waals surface area contributed by atoms with Crippen molar-refractivity contribution in [2.24, 2.45) is 5.73 Å². The summed E-state index contributed by atoms with van der Waals surface area (Å²) < 4.78 is 27.3. The minimum atomic E-state index is -0.561. The summed E-state index contributed by atoms with van der Waals surface area (Å²) in [5, 5.41) is 0. The summed E-state index contributed by atoms with van der Waals surface area (Å²) in [6.07, 6.45) is 5.07. The Kier molecular flexibility index (Phi) is 3.83. The van der Waals surface area contributed by atoms with Crippen LogP contribution in [0.25, 0.3) is 0 Å². The van der Waals surface area contributed by atoms with Gasteiger partial charge < -0.3 is 5.73 Å². The lowest BCUT2D eigenvalue weighted by Gasteiger charge is -2.37. The van der Waals surface area contributed by atoms with Crippen LogP contribution in [0.4, 0.5) is 8.78 Å². The van der Waals surface area contributed by atoms with Crippen LogP contribution in [0.5, 0.6) is 0 Å². The van der Waals surface area contributed by atoms with E-state index in [0.29, 0.717) is 12.1 Å². The Hall–Kier alpha value is -0.480. The molecule has 0 spiro atoms. The van der Waals surface area contributed by atoms with Crippen molar-refractivity contribution >= 4 is 15.9 Å². The molecule has 1 aromatic carbocycles. The first kappa shape index (κ1) is 13.0. The van der Waals surface area contributed by atoms with Gasteiger partial charge in [-0.1, -0.05) is 25.3 Å². The molecule has 0 bridgehead atoms. The van der Waals surface area contributed by atoms with Crippen LogP contribution in [-0.4, -0.2) is 6.54 Å². The molecule has 0 aliphatic heterocycles. The number of rotatable bonds is 2. The molecule has 0 saturated heterocycles. The quantitative estimate of drug-likeness (QED) is 0.824. The first-order valence-electron chi connectivity index (χ1n) is 5.95. The molecule has 2 rings (SSSR count). The van der Waals surface area contributed by atoms with Gasteiger partial charge in [0.25, 0.3) is 0 Å². The standard InChI is InChI=1S/C13H16BrF2N/c14-11-10(15)5-4-9(12(11)16)13(8-17)6-2-1-3-7-13/h4-5H,1-3,6-8,17H2. The lowest BCUT2D eigenvalue weighted by atomic mass is 9.69. The maximum absolute atomic E-state index is 14.1. The number of halogens is 3. The van der Waals surface area contributed by atoms with Gasteiger partial charge in [-0.2, -0.15) is 0 Å². The molecule has 0 radical (unpaired) electrons. The molecule has 0 aromatic heterocycles. The molecule has 94 valence electrons. The number of benzene rings is 1. The molecule has 1 aliphatic rings. The van der Waals surface area contributed by atoms with Gasteiger partial charge in [-0.15, -0.1) is 0 Å². The zero-order valence-corrected chi connectivity index (χ0v) is 11.2. The van der Waals surface area contributed by atoms with Crippen LogP contribution >= 0.6 is 15.9 Å². The molecule has 2 N–H and O–H groups in total. The fourth-order valence-electron chi connectivity index (χ4n) is 2.75. The molecule has 1 aliphatic carbocycles. The molecule has 1 saturated carbocycles. The highest BCUT2D eigenvalue weighted by Gasteiger charge is 2.35. The van der Waals surface area contributed by atoms with E-state index in [2.05, 4.69) is 15.9 Å². The van der Waals surface area contributed by atoms with Crippen LogP contribution in [0.2, 0.25) is 0 Å². The van der Waals surface area contributed by atoms with Gasteiger partial charge in [0.2, 0.25) is 0 Å². The Morgan fingerprint density at radius 2 is 1.82 bits per heavy atom. The molecule has 0 heterocycles. The van der Waals surface area contributed by atoms with E-state index in [1.54, 1.807) is 6.07 Å². The minimum Gasteiger partial charge on any atom is -0.330 e. The number of hydrogen-bond acceptors (Lipinski definition) is 1. The lowest BCUT2D eigenvalue weighted by molar-refractivity contribution is 0.290. The van der Waals surface area contributed by atoms with Crippen LogP contribution in [0, 0.1) is 11.6 Å². The van der Waals surface area contributed by atoms with Gasteiger partial charge in [-0.05, 0) is 40.4 Å². The van der Waals surface area contributed by atoms with Gasteiger partial charge in [-0.25, -0.2) is 8.78 Å². The maximum atomic E-state index is 14.1. The highest BCUT2D eigenvalue weighted by atomic mass is 79.9. The topological polar surface area (TPSA) is 26.0 Å². The van der Waals surface area contributed by atoms with Crippen molar-refractivity contribution < 1.29 is 8.78 Å². The van der Waals surface area contributed by atoms with E-state index in [4.69, 9.17) is 5.73 Å². The van der Waals surface area contributed by atoms with Gasteiger partial charge in [0.15, 0.2) is 0 Å². The summed E-state index contributed by atoms with van der Waals surface area (Å²) in [5.74, 6) is -1.05. The fraction of sp³-hybridized carbons (Fsp3) is 0.538. The molecule has 0 amide bonds. The Morgan fingerprint density at radius 1 is 1.18 bits per heavy atom. The molecule has 1 aromatic rings. The molecule has 17 heavy (non-hydrogen) atoms. The predicted molar refractivity (Wildman–Crippen MR) is 67.9 cm³/mol. The molecular weight excluding hydrogens is 288 g/mol.